The van der Waals surface area contributed by atoms with Gasteiger partial charge in [0, 0.05) is 19.0 Å². The van der Waals surface area contributed by atoms with E-state index in [-0.39, 0.29) is 42.2 Å². The van der Waals surface area contributed by atoms with Crippen LogP contribution in [0, 0.1) is 5.82 Å². The highest BCUT2D eigenvalue weighted by molar-refractivity contribution is 5.88. The van der Waals surface area contributed by atoms with Crippen molar-refractivity contribution in [2.24, 2.45) is 0 Å². The SMILES string of the molecule is CC(C)NC(=O)[C@H](Cc1ccccc1)N(Cc1ccc(F)cc1)C(=O)COc1ccc(C(C)(C)C)cc1. The molecule has 0 saturated heterocycles. The van der Waals surface area contributed by atoms with Gasteiger partial charge in [-0.15, -0.1) is 0 Å². The van der Waals surface area contributed by atoms with Gasteiger partial charge < -0.3 is 15.0 Å². The molecule has 37 heavy (non-hydrogen) atoms. The molecular formula is C31H37FN2O3. The Bertz CT molecular complexity index is 1150. The van der Waals surface area contributed by atoms with Crippen LogP contribution in [0.3, 0.4) is 0 Å². The quantitative estimate of drug-likeness (QED) is 0.387. The molecule has 0 fully saturated rings. The fourth-order valence-electron chi connectivity index (χ4n) is 4.00. The van der Waals surface area contributed by atoms with E-state index in [2.05, 4.69) is 26.1 Å². The lowest BCUT2D eigenvalue weighted by molar-refractivity contribution is -0.143. The largest absolute Gasteiger partial charge is 0.484 e. The number of carbonyl (C=O) groups is 2. The molecule has 0 radical (unpaired) electrons. The molecule has 3 aromatic carbocycles. The Kier molecular flexibility index (Phi) is 9.45. The number of hydrogen-bond acceptors (Lipinski definition) is 3. The van der Waals surface area contributed by atoms with E-state index in [0.717, 1.165) is 16.7 Å². The first-order chi connectivity index (χ1) is 17.5. The van der Waals surface area contributed by atoms with Crippen molar-refractivity contribution in [3.05, 3.63) is 101 Å². The maximum absolute atomic E-state index is 13.6. The lowest BCUT2D eigenvalue weighted by Gasteiger charge is -2.32. The maximum Gasteiger partial charge on any atom is 0.261 e. The van der Waals surface area contributed by atoms with E-state index < -0.39 is 6.04 Å². The van der Waals surface area contributed by atoms with Crippen molar-refractivity contribution in [2.75, 3.05) is 6.61 Å². The Morgan fingerprint density at radius 1 is 0.892 bits per heavy atom. The van der Waals surface area contributed by atoms with E-state index in [1.165, 1.54) is 17.0 Å². The Labute approximate surface area is 219 Å². The lowest BCUT2D eigenvalue weighted by Crippen LogP contribution is -2.52. The van der Waals surface area contributed by atoms with Crippen LogP contribution >= 0.6 is 0 Å². The van der Waals surface area contributed by atoms with Gasteiger partial charge in [-0.2, -0.15) is 0 Å². The summed E-state index contributed by atoms with van der Waals surface area (Å²) in [6.07, 6.45) is 0.340. The van der Waals surface area contributed by atoms with Crippen LogP contribution in [0.2, 0.25) is 0 Å². The predicted octanol–water partition coefficient (Wildman–Crippen LogP) is 5.67. The van der Waals surface area contributed by atoms with E-state index in [0.29, 0.717) is 12.2 Å². The number of nitrogens with zero attached hydrogens (tertiary/aromatic N) is 1. The normalized spacial score (nSPS) is 12.2. The van der Waals surface area contributed by atoms with Crippen molar-refractivity contribution < 1.29 is 18.7 Å². The summed E-state index contributed by atoms with van der Waals surface area (Å²) in [5, 5.41) is 2.95. The molecule has 0 saturated carbocycles. The molecule has 0 unspecified atom stereocenters. The summed E-state index contributed by atoms with van der Waals surface area (Å²) in [6.45, 7) is 10.1. The number of rotatable bonds is 10. The Morgan fingerprint density at radius 3 is 2.08 bits per heavy atom. The van der Waals surface area contributed by atoms with Gasteiger partial charge in [-0.1, -0.05) is 75.4 Å². The van der Waals surface area contributed by atoms with Gasteiger partial charge in [-0.25, -0.2) is 4.39 Å². The van der Waals surface area contributed by atoms with Crippen LogP contribution < -0.4 is 10.1 Å². The predicted molar refractivity (Wildman–Crippen MR) is 145 cm³/mol. The second kappa shape index (κ2) is 12.5. The van der Waals surface area contributed by atoms with Gasteiger partial charge in [-0.05, 0) is 60.2 Å². The second-order valence-corrected chi connectivity index (χ2v) is 10.6. The Morgan fingerprint density at radius 2 is 1.51 bits per heavy atom. The lowest BCUT2D eigenvalue weighted by atomic mass is 9.87. The third-order valence-electron chi connectivity index (χ3n) is 6.05. The maximum atomic E-state index is 13.6. The molecule has 0 bridgehead atoms. The van der Waals surface area contributed by atoms with Crippen LogP contribution in [-0.2, 0) is 28.0 Å². The molecule has 2 amide bonds. The third-order valence-corrected chi connectivity index (χ3v) is 6.05. The van der Waals surface area contributed by atoms with Gasteiger partial charge in [0.2, 0.25) is 5.91 Å². The van der Waals surface area contributed by atoms with E-state index in [9.17, 15) is 14.0 Å². The topological polar surface area (TPSA) is 58.6 Å². The van der Waals surface area contributed by atoms with Crippen LogP contribution in [-0.4, -0.2) is 35.4 Å². The molecule has 0 aliphatic rings. The van der Waals surface area contributed by atoms with E-state index in [1.807, 2.05) is 68.4 Å². The first-order valence-corrected chi connectivity index (χ1v) is 12.6. The van der Waals surface area contributed by atoms with Crippen molar-refractivity contribution in [1.29, 1.82) is 0 Å². The van der Waals surface area contributed by atoms with Gasteiger partial charge in [0.25, 0.3) is 5.91 Å². The minimum Gasteiger partial charge on any atom is -0.484 e. The number of amides is 2. The smallest absolute Gasteiger partial charge is 0.261 e. The zero-order valence-corrected chi connectivity index (χ0v) is 22.3. The fourth-order valence-corrected chi connectivity index (χ4v) is 4.00. The molecule has 196 valence electrons. The summed E-state index contributed by atoms with van der Waals surface area (Å²) in [7, 11) is 0. The second-order valence-electron chi connectivity index (χ2n) is 10.6. The molecule has 3 aromatic rings. The van der Waals surface area contributed by atoms with Crippen LogP contribution in [0.15, 0.2) is 78.9 Å². The van der Waals surface area contributed by atoms with Gasteiger partial charge in [-0.3, -0.25) is 9.59 Å². The molecule has 0 aliphatic carbocycles. The van der Waals surface area contributed by atoms with Crippen molar-refractivity contribution in [3.63, 3.8) is 0 Å². The van der Waals surface area contributed by atoms with Crippen molar-refractivity contribution in [1.82, 2.24) is 10.2 Å². The highest BCUT2D eigenvalue weighted by Crippen LogP contribution is 2.24. The van der Waals surface area contributed by atoms with Gasteiger partial charge in [0.15, 0.2) is 6.61 Å². The summed E-state index contributed by atoms with van der Waals surface area (Å²) in [5.41, 5.74) is 2.83. The van der Waals surface area contributed by atoms with Gasteiger partial charge in [0.05, 0.1) is 0 Å². The number of hydrogen-bond donors (Lipinski definition) is 1. The molecule has 6 heteroatoms. The van der Waals surface area contributed by atoms with Crippen LogP contribution in [0.1, 0.15) is 51.3 Å². The van der Waals surface area contributed by atoms with Crippen molar-refractivity contribution in [2.45, 2.75) is 65.1 Å². The fraction of sp³-hybridized carbons (Fsp3) is 0.355. The number of carbonyl (C=O) groups excluding carboxylic acids is 2. The molecule has 0 aromatic heterocycles. The zero-order chi connectivity index (χ0) is 27.0. The summed E-state index contributed by atoms with van der Waals surface area (Å²) in [6, 6.07) is 22.4. The molecule has 5 nitrogen and oxygen atoms in total. The van der Waals surface area contributed by atoms with E-state index in [4.69, 9.17) is 4.74 Å². The van der Waals surface area contributed by atoms with Crippen molar-refractivity contribution >= 4 is 11.8 Å². The average molecular weight is 505 g/mol. The number of ether oxygens (including phenoxy) is 1. The number of halogens is 1. The zero-order valence-electron chi connectivity index (χ0n) is 22.3. The first kappa shape index (κ1) is 27.9. The molecule has 0 heterocycles. The first-order valence-electron chi connectivity index (χ1n) is 12.6. The van der Waals surface area contributed by atoms with Crippen molar-refractivity contribution in [3.8, 4) is 5.75 Å². The minimum absolute atomic E-state index is 0.00867. The monoisotopic (exact) mass is 504 g/mol. The van der Waals surface area contributed by atoms with Crippen LogP contribution in [0.4, 0.5) is 4.39 Å². The summed E-state index contributed by atoms with van der Waals surface area (Å²) in [5.74, 6) is -0.357. The summed E-state index contributed by atoms with van der Waals surface area (Å²) >= 11 is 0. The third kappa shape index (κ3) is 8.45. The standard InChI is InChI=1S/C31H37FN2O3/c1-22(2)33-30(36)28(19-23-9-7-6-8-10-23)34(20-24-11-15-26(32)16-12-24)29(35)21-37-27-17-13-25(14-18-27)31(3,4)5/h6-18,22,28H,19-21H2,1-5H3,(H,33,36)/t28-/m0/s1. The van der Waals surface area contributed by atoms with Crippen LogP contribution in [0.5, 0.6) is 5.75 Å². The molecule has 0 spiro atoms. The summed E-state index contributed by atoms with van der Waals surface area (Å²) in [4.78, 5) is 28.5. The van der Waals surface area contributed by atoms with Gasteiger partial charge in [0.1, 0.15) is 17.6 Å². The van der Waals surface area contributed by atoms with Crippen LogP contribution in [0.25, 0.3) is 0 Å². The molecule has 1 N–H and O–H groups in total. The van der Waals surface area contributed by atoms with E-state index >= 15 is 0 Å². The molecule has 1 atom stereocenters. The Hall–Kier alpha value is -3.67. The average Bonchev–Trinajstić information content (AvgIpc) is 2.85. The number of nitrogens with one attached hydrogen (secondary N) is 1. The van der Waals surface area contributed by atoms with Gasteiger partial charge >= 0.3 is 0 Å². The summed E-state index contributed by atoms with van der Waals surface area (Å²) < 4.78 is 19.4. The highest BCUT2D eigenvalue weighted by atomic mass is 19.1. The number of benzene rings is 3. The molecule has 0 aliphatic heterocycles. The van der Waals surface area contributed by atoms with E-state index in [1.54, 1.807) is 12.1 Å². The minimum atomic E-state index is -0.769. The molecular weight excluding hydrogens is 467 g/mol. The molecule has 3 rings (SSSR count). The highest BCUT2D eigenvalue weighted by Gasteiger charge is 2.31. The Balaban J connectivity index is 1.87.